The second-order valence-corrected chi connectivity index (χ2v) is 18.9. The molecule has 6 aromatic rings. The van der Waals surface area contributed by atoms with E-state index in [4.69, 9.17) is 11.5 Å². The summed E-state index contributed by atoms with van der Waals surface area (Å²) in [7, 11) is -1.18. The first kappa shape index (κ1) is 46.0. The largest absolute Gasteiger partial charge is 0.366 e. The Morgan fingerprint density at radius 1 is 0.688 bits per heavy atom. The van der Waals surface area contributed by atoms with Crippen LogP contribution < -0.4 is 22.1 Å². The number of nitrogens with one attached hydrogen (secondary N) is 2. The third-order valence-electron chi connectivity index (χ3n) is 13.1. The lowest BCUT2D eigenvalue weighted by Crippen LogP contribution is -2.64. The van der Waals surface area contributed by atoms with Crippen LogP contribution in [0.15, 0.2) is 72.8 Å². The van der Waals surface area contributed by atoms with Crippen LogP contribution in [0, 0.1) is 0 Å². The summed E-state index contributed by atoms with van der Waals surface area (Å²) in [6.45, 7) is 9.96. The molecule has 1 aliphatic heterocycles. The Morgan fingerprint density at radius 3 is 1.59 bits per heavy atom. The highest BCUT2D eigenvalue weighted by atomic mass is 32.2. The van der Waals surface area contributed by atoms with Gasteiger partial charge in [0.25, 0.3) is 22.0 Å². The number of para-hydroxylation sites is 2. The monoisotopic (exact) mass is 891 g/mol. The summed E-state index contributed by atoms with van der Waals surface area (Å²) >= 11 is 0. The minimum atomic E-state index is -4.02. The van der Waals surface area contributed by atoms with Crippen molar-refractivity contribution >= 4 is 77.6 Å². The van der Waals surface area contributed by atoms with E-state index in [-0.39, 0.29) is 38.0 Å². The molecular formula is C48H61N9O6S. The van der Waals surface area contributed by atoms with Gasteiger partial charge in [-0.3, -0.25) is 14.4 Å². The summed E-state index contributed by atoms with van der Waals surface area (Å²) in [6.07, 6.45) is 2.55. The molecule has 1 saturated heterocycles. The molecule has 1 aliphatic rings. The second-order valence-electron chi connectivity index (χ2n) is 16.9. The lowest BCUT2D eigenvalue weighted by atomic mass is 9.90. The zero-order valence-corrected chi connectivity index (χ0v) is 38.5. The van der Waals surface area contributed by atoms with Crippen molar-refractivity contribution < 1.29 is 27.6 Å². The average molecular weight is 892 g/mol. The van der Waals surface area contributed by atoms with Crippen molar-refractivity contribution in [2.75, 3.05) is 46.8 Å². The molecule has 3 atom stereocenters. The first-order valence-electron chi connectivity index (χ1n) is 22.4. The number of urea groups is 1. The molecule has 4 aromatic carbocycles. The molecule has 7 rings (SSSR count). The standard InChI is InChI=1S/C48H61N9O6S/c1-7-30(32-25-36-34-15-11-13-17-40(34)55(9-3)43(36)38(27-32)45(49)58)19-21-51-47(60)42-29-54(23-24-57(42)64(62,63)53(5)6)48(61)52-22-20-31(8-2)33-26-37-35-16-12-14-18-41(35)56(10-4)44(37)39(28-33)46(50)59/h11-18,25-28,30-31,42H,7-10,19-24,29H2,1-6H3,(H2,49,58)(H2,50,59)(H,51,60)(H,52,61). The number of fused-ring (bicyclic) bond motifs is 6. The van der Waals surface area contributed by atoms with Gasteiger partial charge >= 0.3 is 6.03 Å². The Bertz CT molecular complexity index is 2870. The molecule has 6 N–H and O–H groups in total. The van der Waals surface area contributed by atoms with E-state index in [9.17, 15) is 27.6 Å². The maximum absolute atomic E-state index is 14.0. The quantitative estimate of drug-likeness (QED) is 0.0838. The fraction of sp³-hybridized carbons (Fsp3) is 0.417. The molecule has 0 bridgehead atoms. The molecule has 64 heavy (non-hydrogen) atoms. The van der Waals surface area contributed by atoms with Gasteiger partial charge in [-0.1, -0.05) is 50.2 Å². The number of rotatable bonds is 17. The van der Waals surface area contributed by atoms with Crippen molar-refractivity contribution in [2.24, 2.45) is 11.5 Å². The van der Waals surface area contributed by atoms with Gasteiger partial charge in [-0.05, 0) is 98.9 Å². The number of aryl methyl sites for hydroxylation is 2. The molecular weight excluding hydrogens is 831 g/mol. The number of aromatic nitrogens is 2. The molecule has 0 radical (unpaired) electrons. The van der Waals surface area contributed by atoms with Crippen molar-refractivity contribution in [3.63, 3.8) is 0 Å². The number of nitrogens with two attached hydrogens (primary N) is 2. The molecule has 340 valence electrons. The van der Waals surface area contributed by atoms with Crippen molar-refractivity contribution in [1.29, 1.82) is 0 Å². The van der Waals surface area contributed by atoms with Gasteiger partial charge in [0.05, 0.1) is 22.2 Å². The van der Waals surface area contributed by atoms with Crippen LogP contribution in [-0.2, 0) is 28.1 Å². The third kappa shape index (κ3) is 8.53. The fourth-order valence-electron chi connectivity index (χ4n) is 9.74. The van der Waals surface area contributed by atoms with Gasteiger partial charge in [0.15, 0.2) is 0 Å². The normalized spacial score (nSPS) is 15.9. The van der Waals surface area contributed by atoms with Gasteiger partial charge in [-0.2, -0.15) is 17.0 Å². The summed E-state index contributed by atoms with van der Waals surface area (Å²) < 4.78 is 33.5. The van der Waals surface area contributed by atoms with E-state index in [1.807, 2.05) is 75.4 Å². The van der Waals surface area contributed by atoms with Crippen LogP contribution in [0.3, 0.4) is 0 Å². The van der Waals surface area contributed by atoms with E-state index in [1.165, 1.54) is 19.0 Å². The number of piperazine rings is 1. The van der Waals surface area contributed by atoms with E-state index in [1.54, 1.807) is 0 Å². The Kier molecular flexibility index (Phi) is 13.7. The number of hydrogen-bond acceptors (Lipinski definition) is 6. The van der Waals surface area contributed by atoms with E-state index in [0.717, 1.165) is 69.8 Å². The number of hydrogen-bond donors (Lipinski definition) is 4. The fourth-order valence-corrected chi connectivity index (χ4v) is 11.0. The van der Waals surface area contributed by atoms with Gasteiger partial charge < -0.3 is 36.1 Å². The van der Waals surface area contributed by atoms with E-state index in [0.29, 0.717) is 50.0 Å². The molecule has 3 heterocycles. The number of nitrogens with zero attached hydrogens (tertiary/aromatic N) is 5. The van der Waals surface area contributed by atoms with E-state index >= 15 is 0 Å². The topological polar surface area (TPSA) is 198 Å². The molecule has 3 unspecified atom stereocenters. The van der Waals surface area contributed by atoms with Crippen LogP contribution in [0.5, 0.6) is 0 Å². The maximum atomic E-state index is 14.0. The van der Waals surface area contributed by atoms with Crippen molar-refractivity contribution in [3.8, 4) is 0 Å². The van der Waals surface area contributed by atoms with Crippen LogP contribution in [0.2, 0.25) is 0 Å². The van der Waals surface area contributed by atoms with Gasteiger partial charge in [-0.25, -0.2) is 4.79 Å². The first-order chi connectivity index (χ1) is 30.7. The van der Waals surface area contributed by atoms with Crippen LogP contribution >= 0.6 is 0 Å². The van der Waals surface area contributed by atoms with Crippen LogP contribution in [0.4, 0.5) is 4.79 Å². The Hall–Kier alpha value is -5.97. The highest BCUT2D eigenvalue weighted by Gasteiger charge is 2.41. The van der Waals surface area contributed by atoms with Crippen molar-refractivity contribution in [1.82, 2.24) is 33.3 Å². The zero-order valence-electron chi connectivity index (χ0n) is 37.7. The minimum Gasteiger partial charge on any atom is -0.366 e. The number of carbonyl (C=O) groups excluding carboxylic acids is 4. The Balaban J connectivity index is 1.04. The SMILES string of the molecule is CCC(CCNC(=O)C1CN(C(=O)NCCC(CC)c2cc(C(N)=O)c3c(c2)c2ccccc2n3CC)CCN1S(=O)(=O)N(C)C)c1cc(C(N)=O)c2c(c1)c1ccccc1n2CC. The van der Waals surface area contributed by atoms with Crippen LogP contribution in [0.25, 0.3) is 43.6 Å². The summed E-state index contributed by atoms with van der Waals surface area (Å²) in [6, 6.07) is 22.5. The van der Waals surface area contributed by atoms with Gasteiger partial charge in [0, 0.05) is 92.5 Å². The number of benzene rings is 4. The Morgan fingerprint density at radius 2 is 1.16 bits per heavy atom. The zero-order chi connectivity index (χ0) is 46.0. The molecule has 5 amide bonds. The summed E-state index contributed by atoms with van der Waals surface area (Å²) in [4.78, 5) is 55.0. The predicted molar refractivity (Wildman–Crippen MR) is 254 cm³/mol. The third-order valence-corrected chi connectivity index (χ3v) is 15.1. The van der Waals surface area contributed by atoms with Gasteiger partial charge in [-0.15, -0.1) is 0 Å². The summed E-state index contributed by atoms with van der Waals surface area (Å²) in [5.74, 6) is -1.57. The molecule has 0 saturated carbocycles. The molecule has 2 aromatic heterocycles. The van der Waals surface area contributed by atoms with Crippen LogP contribution in [-0.4, -0.2) is 108 Å². The van der Waals surface area contributed by atoms with Crippen LogP contribution in [0.1, 0.15) is 97.1 Å². The summed E-state index contributed by atoms with van der Waals surface area (Å²) in [5.41, 5.74) is 18.4. The average Bonchev–Trinajstić information content (AvgIpc) is 3.80. The number of primary amides is 2. The molecule has 15 nitrogen and oxygen atoms in total. The highest BCUT2D eigenvalue weighted by molar-refractivity contribution is 7.86. The minimum absolute atomic E-state index is 0.000116. The molecule has 0 spiro atoms. The van der Waals surface area contributed by atoms with Crippen molar-refractivity contribution in [2.45, 2.75) is 84.3 Å². The highest BCUT2D eigenvalue weighted by Crippen LogP contribution is 2.37. The second kappa shape index (κ2) is 19.0. The lowest BCUT2D eigenvalue weighted by molar-refractivity contribution is -0.126. The van der Waals surface area contributed by atoms with Crippen molar-refractivity contribution in [3.05, 3.63) is 95.1 Å². The molecule has 1 fully saturated rings. The maximum Gasteiger partial charge on any atom is 0.317 e. The predicted octanol–water partition coefficient (Wildman–Crippen LogP) is 6.23. The van der Waals surface area contributed by atoms with E-state index < -0.39 is 40.0 Å². The smallest absolute Gasteiger partial charge is 0.317 e. The van der Waals surface area contributed by atoms with Gasteiger partial charge in [0.2, 0.25) is 5.91 Å². The number of amides is 5. The Labute approximate surface area is 374 Å². The molecule has 16 heteroatoms. The lowest BCUT2D eigenvalue weighted by Gasteiger charge is -2.40. The first-order valence-corrected chi connectivity index (χ1v) is 23.7. The number of carbonyl (C=O) groups is 4. The molecule has 0 aliphatic carbocycles. The van der Waals surface area contributed by atoms with Gasteiger partial charge in [0.1, 0.15) is 6.04 Å². The summed E-state index contributed by atoms with van der Waals surface area (Å²) in [5, 5.41) is 9.96. The van der Waals surface area contributed by atoms with E-state index in [2.05, 4.69) is 44.9 Å².